The molecule has 100 valence electrons. The second kappa shape index (κ2) is 5.62. The standard InChI is InChI=1S/C13H16N4O2/c1-10(14-9-12-7-8-16(2)15-12)11-3-5-13(6-4-11)17(18)19/h3-8,10,14H,9H2,1-2H3. The number of aryl methyl sites for hydroxylation is 1. The number of hydrogen-bond acceptors (Lipinski definition) is 4. The van der Waals surface area contributed by atoms with Crippen molar-refractivity contribution < 1.29 is 4.92 Å². The highest BCUT2D eigenvalue weighted by Gasteiger charge is 2.09. The zero-order valence-corrected chi connectivity index (χ0v) is 10.9. The molecule has 0 aliphatic rings. The van der Waals surface area contributed by atoms with E-state index in [1.54, 1.807) is 16.8 Å². The summed E-state index contributed by atoms with van der Waals surface area (Å²) >= 11 is 0. The second-order valence-electron chi connectivity index (χ2n) is 4.43. The molecule has 1 aromatic carbocycles. The third kappa shape index (κ3) is 3.38. The Morgan fingerprint density at radius 2 is 2.05 bits per heavy atom. The molecule has 2 aromatic rings. The molecule has 2 rings (SSSR count). The Hall–Kier alpha value is -2.21. The number of nitro benzene ring substituents is 1. The monoisotopic (exact) mass is 260 g/mol. The predicted octanol–water partition coefficient (Wildman–Crippen LogP) is 2.18. The van der Waals surface area contributed by atoms with E-state index in [1.165, 1.54) is 12.1 Å². The zero-order chi connectivity index (χ0) is 13.8. The van der Waals surface area contributed by atoms with Crippen molar-refractivity contribution in [3.05, 3.63) is 57.9 Å². The molecule has 0 saturated heterocycles. The fraction of sp³-hybridized carbons (Fsp3) is 0.308. The summed E-state index contributed by atoms with van der Waals surface area (Å²) < 4.78 is 1.76. The van der Waals surface area contributed by atoms with Gasteiger partial charge in [-0.3, -0.25) is 14.8 Å². The first-order chi connectivity index (χ1) is 9.06. The van der Waals surface area contributed by atoms with Crippen LogP contribution in [0.5, 0.6) is 0 Å². The number of nitro groups is 1. The summed E-state index contributed by atoms with van der Waals surface area (Å²) in [5.74, 6) is 0. The van der Waals surface area contributed by atoms with Crippen LogP contribution in [-0.2, 0) is 13.6 Å². The summed E-state index contributed by atoms with van der Waals surface area (Å²) in [5, 5.41) is 18.2. The van der Waals surface area contributed by atoms with Crippen molar-refractivity contribution in [1.82, 2.24) is 15.1 Å². The van der Waals surface area contributed by atoms with Gasteiger partial charge in [0.1, 0.15) is 0 Å². The van der Waals surface area contributed by atoms with Gasteiger partial charge in [-0.15, -0.1) is 0 Å². The number of benzene rings is 1. The second-order valence-corrected chi connectivity index (χ2v) is 4.43. The van der Waals surface area contributed by atoms with Crippen molar-refractivity contribution in [1.29, 1.82) is 0 Å². The fourth-order valence-corrected chi connectivity index (χ4v) is 1.82. The molecule has 19 heavy (non-hydrogen) atoms. The van der Waals surface area contributed by atoms with Crippen molar-refractivity contribution >= 4 is 5.69 Å². The summed E-state index contributed by atoms with van der Waals surface area (Å²) in [6.07, 6.45) is 1.90. The molecule has 1 N–H and O–H groups in total. The van der Waals surface area contributed by atoms with Gasteiger partial charge in [-0.05, 0) is 18.6 Å². The Bertz CT molecular complexity index is 562. The molecule has 0 aliphatic heterocycles. The van der Waals surface area contributed by atoms with Crippen molar-refractivity contribution in [3.63, 3.8) is 0 Å². The molecule has 1 heterocycles. The molecule has 0 amide bonds. The Morgan fingerprint density at radius 1 is 1.37 bits per heavy atom. The van der Waals surface area contributed by atoms with Gasteiger partial charge in [-0.25, -0.2) is 0 Å². The van der Waals surface area contributed by atoms with Crippen LogP contribution in [0.4, 0.5) is 5.69 Å². The van der Waals surface area contributed by atoms with Crippen molar-refractivity contribution in [2.24, 2.45) is 7.05 Å². The van der Waals surface area contributed by atoms with Crippen LogP contribution in [0.25, 0.3) is 0 Å². The highest BCUT2D eigenvalue weighted by atomic mass is 16.6. The van der Waals surface area contributed by atoms with E-state index < -0.39 is 4.92 Å². The molecule has 0 radical (unpaired) electrons. The molecule has 0 saturated carbocycles. The summed E-state index contributed by atoms with van der Waals surface area (Å²) in [5.41, 5.74) is 2.10. The summed E-state index contributed by atoms with van der Waals surface area (Å²) in [6.45, 7) is 2.68. The minimum atomic E-state index is -0.393. The normalized spacial score (nSPS) is 12.3. The number of nitrogens with one attached hydrogen (secondary N) is 1. The van der Waals surface area contributed by atoms with E-state index in [-0.39, 0.29) is 11.7 Å². The van der Waals surface area contributed by atoms with Crippen LogP contribution in [-0.4, -0.2) is 14.7 Å². The van der Waals surface area contributed by atoms with E-state index >= 15 is 0 Å². The van der Waals surface area contributed by atoms with Gasteiger partial charge in [-0.2, -0.15) is 5.10 Å². The van der Waals surface area contributed by atoms with Gasteiger partial charge in [0.25, 0.3) is 5.69 Å². The number of non-ortho nitro benzene ring substituents is 1. The van der Waals surface area contributed by atoms with Crippen molar-refractivity contribution in [2.45, 2.75) is 19.5 Å². The Balaban J connectivity index is 1.95. The summed E-state index contributed by atoms with van der Waals surface area (Å²) in [7, 11) is 1.88. The van der Waals surface area contributed by atoms with Crippen molar-refractivity contribution in [2.75, 3.05) is 0 Å². The lowest BCUT2D eigenvalue weighted by molar-refractivity contribution is -0.384. The number of hydrogen-bond donors (Lipinski definition) is 1. The molecular formula is C13H16N4O2. The molecule has 6 nitrogen and oxygen atoms in total. The third-order valence-electron chi connectivity index (χ3n) is 2.96. The third-order valence-corrected chi connectivity index (χ3v) is 2.96. The first-order valence-electron chi connectivity index (χ1n) is 6.02. The van der Waals surface area contributed by atoms with Crippen molar-refractivity contribution in [3.8, 4) is 0 Å². The quantitative estimate of drug-likeness (QED) is 0.660. The Labute approximate surface area is 111 Å². The first-order valence-corrected chi connectivity index (χ1v) is 6.02. The molecule has 1 aromatic heterocycles. The summed E-state index contributed by atoms with van der Waals surface area (Å²) in [6, 6.07) is 8.66. The average Bonchev–Trinajstić information content (AvgIpc) is 2.82. The largest absolute Gasteiger partial charge is 0.304 e. The fourth-order valence-electron chi connectivity index (χ4n) is 1.82. The Kier molecular flexibility index (Phi) is 3.91. The number of nitrogens with zero attached hydrogens (tertiary/aromatic N) is 3. The molecule has 1 atom stereocenters. The number of rotatable bonds is 5. The maximum atomic E-state index is 10.6. The van der Waals surface area contributed by atoms with E-state index in [0.717, 1.165) is 11.3 Å². The maximum absolute atomic E-state index is 10.6. The molecular weight excluding hydrogens is 244 g/mol. The Morgan fingerprint density at radius 3 is 2.58 bits per heavy atom. The lowest BCUT2D eigenvalue weighted by Crippen LogP contribution is -2.18. The van der Waals surface area contributed by atoms with E-state index in [9.17, 15) is 10.1 Å². The predicted molar refractivity (Wildman–Crippen MR) is 71.6 cm³/mol. The summed E-state index contributed by atoms with van der Waals surface area (Å²) in [4.78, 5) is 10.2. The SMILES string of the molecule is CC(NCc1ccn(C)n1)c1ccc([N+](=O)[O-])cc1. The highest BCUT2D eigenvalue weighted by Crippen LogP contribution is 2.17. The number of aromatic nitrogens is 2. The molecule has 0 bridgehead atoms. The topological polar surface area (TPSA) is 73.0 Å². The van der Waals surface area contributed by atoms with Crippen LogP contribution >= 0.6 is 0 Å². The van der Waals surface area contributed by atoms with Crippen LogP contribution in [0.15, 0.2) is 36.5 Å². The minimum Gasteiger partial charge on any atom is -0.304 e. The minimum absolute atomic E-state index is 0.112. The van der Waals surface area contributed by atoms with Gasteiger partial charge in [0.2, 0.25) is 0 Å². The molecule has 0 aliphatic carbocycles. The van der Waals surface area contributed by atoms with E-state index in [1.807, 2.05) is 26.2 Å². The smallest absolute Gasteiger partial charge is 0.269 e. The average molecular weight is 260 g/mol. The van der Waals surface area contributed by atoms with E-state index in [0.29, 0.717) is 6.54 Å². The lowest BCUT2D eigenvalue weighted by Gasteiger charge is -2.13. The van der Waals surface area contributed by atoms with Gasteiger partial charge in [-0.1, -0.05) is 12.1 Å². The van der Waals surface area contributed by atoms with Crippen LogP contribution < -0.4 is 5.32 Å². The van der Waals surface area contributed by atoms with E-state index in [4.69, 9.17) is 0 Å². The van der Waals surface area contributed by atoms with Crippen LogP contribution in [0.1, 0.15) is 24.2 Å². The van der Waals surface area contributed by atoms with Crippen LogP contribution in [0, 0.1) is 10.1 Å². The van der Waals surface area contributed by atoms with Gasteiger partial charge in [0.05, 0.1) is 10.6 Å². The van der Waals surface area contributed by atoms with Crippen LogP contribution in [0.3, 0.4) is 0 Å². The van der Waals surface area contributed by atoms with E-state index in [2.05, 4.69) is 10.4 Å². The van der Waals surface area contributed by atoms with Gasteiger partial charge in [0, 0.05) is 38.0 Å². The molecule has 0 fully saturated rings. The van der Waals surface area contributed by atoms with Gasteiger partial charge >= 0.3 is 0 Å². The zero-order valence-electron chi connectivity index (χ0n) is 10.9. The first kappa shape index (κ1) is 13.2. The highest BCUT2D eigenvalue weighted by molar-refractivity contribution is 5.34. The van der Waals surface area contributed by atoms with Crippen LogP contribution in [0.2, 0.25) is 0 Å². The molecule has 6 heteroatoms. The lowest BCUT2D eigenvalue weighted by atomic mass is 10.1. The molecule has 1 unspecified atom stereocenters. The van der Waals surface area contributed by atoms with Gasteiger partial charge < -0.3 is 5.32 Å². The van der Waals surface area contributed by atoms with Gasteiger partial charge in [0.15, 0.2) is 0 Å². The molecule has 0 spiro atoms. The maximum Gasteiger partial charge on any atom is 0.269 e.